The molecule has 30 heavy (non-hydrogen) atoms. The summed E-state index contributed by atoms with van der Waals surface area (Å²) in [5, 5.41) is 10.1. The lowest BCUT2D eigenvalue weighted by molar-refractivity contribution is -0.678. The first kappa shape index (κ1) is 21.6. The highest BCUT2D eigenvalue weighted by molar-refractivity contribution is 5.94. The Bertz CT molecular complexity index is 1040. The number of carbonyl (C=O) groups excluding carboxylic acids is 1. The third-order valence-electron chi connectivity index (χ3n) is 5.82. The lowest BCUT2D eigenvalue weighted by Crippen LogP contribution is -2.32. The number of nitrogens with zero attached hydrogens (tertiary/aromatic N) is 2. The summed E-state index contributed by atoms with van der Waals surface area (Å²) in [6.07, 6.45) is 2.14. The van der Waals surface area contributed by atoms with E-state index in [0.29, 0.717) is 18.7 Å². The molecule has 1 N–H and O–H groups in total. The van der Waals surface area contributed by atoms with Gasteiger partial charge in [-0.15, -0.1) is 0 Å². The molecule has 0 aliphatic heterocycles. The normalized spacial score (nSPS) is 11.9. The maximum absolute atomic E-state index is 12.7. The minimum Gasteiger partial charge on any atom is -0.508 e. The number of aromatic hydroxyl groups is 1. The van der Waals surface area contributed by atoms with Gasteiger partial charge in [0.25, 0.3) is 5.91 Å². The van der Waals surface area contributed by atoms with E-state index in [1.807, 2.05) is 68.3 Å². The van der Waals surface area contributed by atoms with Crippen LogP contribution in [0, 0.1) is 13.8 Å². The highest BCUT2D eigenvalue weighted by atomic mass is 16.3. The van der Waals surface area contributed by atoms with Crippen molar-refractivity contribution in [3.05, 3.63) is 94.3 Å². The predicted octanol–water partition coefficient (Wildman–Crippen LogP) is 4.50. The third-order valence-corrected chi connectivity index (χ3v) is 5.82. The molecule has 0 saturated carbocycles. The molecule has 1 atom stereocenters. The molecule has 3 aromatic rings. The summed E-state index contributed by atoms with van der Waals surface area (Å²) in [4.78, 5) is 14.5. The van der Waals surface area contributed by atoms with Crippen molar-refractivity contribution in [2.75, 3.05) is 13.1 Å². The highest BCUT2D eigenvalue weighted by Gasteiger charge is 2.22. The summed E-state index contributed by atoms with van der Waals surface area (Å²) < 4.78 is 2.12. The second kappa shape index (κ2) is 9.12. The van der Waals surface area contributed by atoms with Crippen LogP contribution >= 0.6 is 0 Å². The molecular formula is C26H31N2O2+. The van der Waals surface area contributed by atoms with Crippen LogP contribution in [0.15, 0.2) is 60.8 Å². The first-order valence-corrected chi connectivity index (χ1v) is 10.5. The number of hydrogen-bond acceptors (Lipinski definition) is 2. The Balaban J connectivity index is 2.10. The Kier molecular flexibility index (Phi) is 6.56. The molecule has 0 aliphatic rings. The summed E-state index contributed by atoms with van der Waals surface area (Å²) in [6.45, 7) is 9.59. The van der Waals surface area contributed by atoms with Crippen molar-refractivity contribution in [2.45, 2.75) is 33.6 Å². The number of phenols is 1. The van der Waals surface area contributed by atoms with Crippen LogP contribution in [0.1, 0.15) is 58.1 Å². The fraction of sp³-hybridized carbons (Fsp3) is 0.308. The van der Waals surface area contributed by atoms with Gasteiger partial charge in [0, 0.05) is 43.1 Å². The first-order chi connectivity index (χ1) is 14.3. The van der Waals surface area contributed by atoms with E-state index in [9.17, 15) is 9.90 Å². The van der Waals surface area contributed by atoms with Crippen LogP contribution in [-0.2, 0) is 7.05 Å². The van der Waals surface area contributed by atoms with Gasteiger partial charge in [0.15, 0.2) is 11.9 Å². The summed E-state index contributed by atoms with van der Waals surface area (Å²) in [5.41, 5.74) is 6.35. The average molecular weight is 404 g/mol. The lowest BCUT2D eigenvalue weighted by atomic mass is 9.83. The van der Waals surface area contributed by atoms with Crippen LogP contribution in [0.5, 0.6) is 5.75 Å². The molecule has 0 bridgehead atoms. The van der Waals surface area contributed by atoms with Gasteiger partial charge in [-0.25, -0.2) is 4.57 Å². The summed E-state index contributed by atoms with van der Waals surface area (Å²) in [7, 11) is 2.04. The Morgan fingerprint density at radius 1 is 1.00 bits per heavy atom. The van der Waals surface area contributed by atoms with Crippen LogP contribution in [-0.4, -0.2) is 29.0 Å². The Morgan fingerprint density at radius 2 is 1.67 bits per heavy atom. The van der Waals surface area contributed by atoms with Crippen LogP contribution < -0.4 is 4.57 Å². The Hall–Kier alpha value is -3.14. The quantitative estimate of drug-likeness (QED) is 0.616. The second-order valence-electron chi connectivity index (χ2n) is 7.79. The van der Waals surface area contributed by atoms with E-state index >= 15 is 0 Å². The van der Waals surface area contributed by atoms with Gasteiger partial charge in [-0.1, -0.05) is 24.3 Å². The van der Waals surface area contributed by atoms with Crippen LogP contribution in [0.3, 0.4) is 0 Å². The zero-order valence-corrected chi connectivity index (χ0v) is 18.5. The largest absolute Gasteiger partial charge is 0.508 e. The zero-order chi connectivity index (χ0) is 21.8. The maximum atomic E-state index is 12.7. The molecule has 4 nitrogen and oxygen atoms in total. The minimum absolute atomic E-state index is 0.0328. The third kappa shape index (κ3) is 4.38. The van der Waals surface area contributed by atoms with Gasteiger partial charge < -0.3 is 10.0 Å². The number of aryl methyl sites for hydroxylation is 3. The molecule has 0 spiro atoms. The molecule has 156 valence electrons. The predicted molar refractivity (Wildman–Crippen MR) is 120 cm³/mol. The zero-order valence-electron chi connectivity index (χ0n) is 18.5. The molecule has 2 aromatic carbocycles. The summed E-state index contributed by atoms with van der Waals surface area (Å²) in [5.74, 6) is 0.274. The Morgan fingerprint density at radius 3 is 2.27 bits per heavy atom. The van der Waals surface area contributed by atoms with E-state index in [-0.39, 0.29) is 17.6 Å². The van der Waals surface area contributed by atoms with E-state index in [1.54, 1.807) is 6.07 Å². The van der Waals surface area contributed by atoms with Gasteiger partial charge >= 0.3 is 0 Å². The van der Waals surface area contributed by atoms with E-state index in [2.05, 4.69) is 30.7 Å². The van der Waals surface area contributed by atoms with Crippen LogP contribution in [0.2, 0.25) is 0 Å². The monoisotopic (exact) mass is 403 g/mol. The highest BCUT2D eigenvalue weighted by Crippen LogP contribution is 2.35. The molecule has 0 saturated heterocycles. The van der Waals surface area contributed by atoms with Crippen molar-refractivity contribution >= 4 is 5.91 Å². The van der Waals surface area contributed by atoms with Crippen LogP contribution in [0.25, 0.3) is 0 Å². The van der Waals surface area contributed by atoms with Crippen molar-refractivity contribution in [1.82, 2.24) is 4.90 Å². The van der Waals surface area contributed by atoms with Gasteiger partial charge in [-0.2, -0.15) is 0 Å². The van der Waals surface area contributed by atoms with Crippen molar-refractivity contribution in [2.24, 2.45) is 7.05 Å². The fourth-order valence-electron chi connectivity index (χ4n) is 3.99. The van der Waals surface area contributed by atoms with Gasteiger partial charge in [0.1, 0.15) is 12.8 Å². The van der Waals surface area contributed by atoms with Gasteiger partial charge in [0.2, 0.25) is 0 Å². The van der Waals surface area contributed by atoms with Crippen molar-refractivity contribution in [3.8, 4) is 5.75 Å². The van der Waals surface area contributed by atoms with Crippen molar-refractivity contribution in [1.29, 1.82) is 0 Å². The van der Waals surface area contributed by atoms with Crippen molar-refractivity contribution < 1.29 is 14.5 Å². The average Bonchev–Trinajstić information content (AvgIpc) is 2.73. The number of aromatic nitrogens is 1. The molecule has 0 radical (unpaired) electrons. The SMILES string of the molecule is CCN(CC)C(=O)c1ccc(C(c2cccc(O)c2)c2cc(C)[n+](C)cc2C)cc1. The molecule has 1 unspecified atom stereocenters. The number of hydrogen-bond donors (Lipinski definition) is 1. The molecule has 0 aliphatic carbocycles. The molecular weight excluding hydrogens is 372 g/mol. The topological polar surface area (TPSA) is 44.4 Å². The number of pyridine rings is 1. The molecule has 4 heteroatoms. The standard InChI is InChI=1S/C26H30N2O2/c1-6-28(7-2)26(30)21-13-11-20(12-14-21)25(22-9-8-10-23(29)16-22)24-15-19(4)27(5)17-18(24)3/h8-17,25H,6-7H2,1-5H3/p+1. The summed E-state index contributed by atoms with van der Waals surface area (Å²) >= 11 is 0. The van der Waals surface area contributed by atoms with Gasteiger partial charge in [-0.3, -0.25) is 4.79 Å². The molecule has 1 amide bonds. The van der Waals surface area contributed by atoms with E-state index < -0.39 is 0 Å². The van der Waals surface area contributed by atoms with E-state index in [0.717, 1.165) is 16.8 Å². The number of rotatable bonds is 6. The minimum atomic E-state index is -0.0328. The van der Waals surface area contributed by atoms with Gasteiger partial charge in [-0.05, 0) is 61.7 Å². The fourth-order valence-corrected chi connectivity index (χ4v) is 3.99. The van der Waals surface area contributed by atoms with E-state index in [1.165, 1.54) is 11.1 Å². The second-order valence-corrected chi connectivity index (χ2v) is 7.79. The summed E-state index contributed by atoms with van der Waals surface area (Å²) in [6, 6.07) is 17.5. The van der Waals surface area contributed by atoms with E-state index in [4.69, 9.17) is 0 Å². The molecule has 1 aromatic heterocycles. The number of carbonyl (C=O) groups is 1. The number of amides is 1. The molecule has 0 fully saturated rings. The number of phenolic OH excluding ortho intramolecular Hbond substituents is 1. The first-order valence-electron chi connectivity index (χ1n) is 10.5. The smallest absolute Gasteiger partial charge is 0.253 e. The number of benzene rings is 2. The molecule has 1 heterocycles. The van der Waals surface area contributed by atoms with Gasteiger partial charge in [0.05, 0.1) is 0 Å². The maximum Gasteiger partial charge on any atom is 0.253 e. The Labute approximate surface area is 179 Å². The van der Waals surface area contributed by atoms with Crippen LogP contribution in [0.4, 0.5) is 0 Å². The molecule has 3 rings (SSSR count). The lowest BCUT2D eigenvalue weighted by Gasteiger charge is -2.22. The van der Waals surface area contributed by atoms with Crippen molar-refractivity contribution in [3.63, 3.8) is 0 Å².